The van der Waals surface area contributed by atoms with E-state index in [9.17, 15) is 4.79 Å². The summed E-state index contributed by atoms with van der Waals surface area (Å²) in [6, 6.07) is 14.0. The van der Waals surface area contributed by atoms with E-state index in [2.05, 4.69) is 10.1 Å². The summed E-state index contributed by atoms with van der Waals surface area (Å²) in [7, 11) is 0. The molecule has 3 heterocycles. The Morgan fingerprint density at radius 1 is 1.08 bits per heavy atom. The Balaban J connectivity index is 1.48. The fraction of sp³-hybridized carbons (Fsp3) is 0.316. The third kappa shape index (κ3) is 2.77. The molecule has 1 aromatic heterocycles. The number of hydrogen-bond donors (Lipinski definition) is 0. The Morgan fingerprint density at radius 2 is 1.88 bits per heavy atom. The van der Waals surface area contributed by atoms with Crippen LogP contribution in [-0.4, -0.2) is 28.0 Å². The second-order valence-corrected chi connectivity index (χ2v) is 6.18. The molecule has 0 unspecified atom stereocenters. The standard InChI is InChI=1S/C19H19N3O2/c23-19(16-13-18(24-21-16)15-5-2-1-3-6-15)22-12-4-7-17(22)14-8-10-20-11-9-14/h1-3,5-6,8-11,17-18H,4,7,12-13H2/t17-,18+/m0/s1. The summed E-state index contributed by atoms with van der Waals surface area (Å²) in [4.78, 5) is 24.4. The van der Waals surface area contributed by atoms with Gasteiger partial charge < -0.3 is 9.74 Å². The molecule has 1 fully saturated rings. The third-order valence-corrected chi connectivity index (χ3v) is 4.69. The van der Waals surface area contributed by atoms with Gasteiger partial charge in [0.15, 0.2) is 6.10 Å². The maximum absolute atomic E-state index is 12.9. The van der Waals surface area contributed by atoms with Gasteiger partial charge in [-0.05, 0) is 36.1 Å². The third-order valence-electron chi connectivity index (χ3n) is 4.69. The van der Waals surface area contributed by atoms with Crippen LogP contribution in [0.25, 0.3) is 0 Å². The van der Waals surface area contributed by atoms with Crippen molar-refractivity contribution < 1.29 is 9.63 Å². The van der Waals surface area contributed by atoms with Crippen LogP contribution in [-0.2, 0) is 9.63 Å². The molecule has 0 bridgehead atoms. The number of nitrogens with zero attached hydrogens (tertiary/aromatic N) is 3. The lowest BCUT2D eigenvalue weighted by Gasteiger charge is -2.24. The minimum Gasteiger partial charge on any atom is -0.387 e. The summed E-state index contributed by atoms with van der Waals surface area (Å²) in [5, 5.41) is 4.08. The average Bonchev–Trinajstić information content (AvgIpc) is 3.32. The first-order chi connectivity index (χ1) is 11.8. The van der Waals surface area contributed by atoms with Gasteiger partial charge in [-0.2, -0.15) is 0 Å². The number of hydrogen-bond acceptors (Lipinski definition) is 4. The van der Waals surface area contributed by atoms with Crippen molar-refractivity contribution in [3.63, 3.8) is 0 Å². The molecule has 2 aromatic rings. The molecular formula is C19H19N3O2. The van der Waals surface area contributed by atoms with Crippen molar-refractivity contribution >= 4 is 11.6 Å². The van der Waals surface area contributed by atoms with Gasteiger partial charge in [-0.1, -0.05) is 35.5 Å². The summed E-state index contributed by atoms with van der Waals surface area (Å²) in [5.74, 6) is -0.00672. The van der Waals surface area contributed by atoms with Crippen LogP contribution in [0, 0.1) is 0 Å². The molecule has 2 aliphatic heterocycles. The molecule has 5 nitrogen and oxygen atoms in total. The van der Waals surface area contributed by atoms with Gasteiger partial charge in [-0.3, -0.25) is 9.78 Å². The van der Waals surface area contributed by atoms with Gasteiger partial charge in [0.2, 0.25) is 0 Å². The zero-order valence-corrected chi connectivity index (χ0v) is 13.3. The Kier molecular flexibility index (Phi) is 3.99. The van der Waals surface area contributed by atoms with Gasteiger partial charge in [0.05, 0.1) is 6.04 Å². The van der Waals surface area contributed by atoms with Gasteiger partial charge in [0.1, 0.15) is 5.71 Å². The van der Waals surface area contributed by atoms with Crippen molar-refractivity contribution in [1.29, 1.82) is 0 Å². The first-order valence-electron chi connectivity index (χ1n) is 8.31. The molecule has 0 saturated carbocycles. The molecular weight excluding hydrogens is 302 g/mol. The van der Waals surface area contributed by atoms with Crippen LogP contribution in [0.1, 0.15) is 42.5 Å². The SMILES string of the molecule is O=C(C1=NO[C@@H](c2ccccc2)C1)N1CCC[C@H]1c1ccncc1. The number of benzene rings is 1. The summed E-state index contributed by atoms with van der Waals surface area (Å²) in [6.07, 6.45) is 5.91. The molecule has 0 N–H and O–H groups in total. The number of aromatic nitrogens is 1. The lowest BCUT2D eigenvalue weighted by atomic mass is 10.0. The van der Waals surface area contributed by atoms with E-state index in [0.29, 0.717) is 12.1 Å². The zero-order valence-electron chi connectivity index (χ0n) is 13.3. The van der Waals surface area contributed by atoms with Crippen molar-refractivity contribution in [2.45, 2.75) is 31.4 Å². The fourth-order valence-electron chi connectivity index (χ4n) is 3.46. The van der Waals surface area contributed by atoms with E-state index in [1.807, 2.05) is 47.4 Å². The van der Waals surface area contributed by atoms with Crippen LogP contribution >= 0.6 is 0 Å². The molecule has 5 heteroatoms. The quantitative estimate of drug-likeness (QED) is 0.872. The monoisotopic (exact) mass is 321 g/mol. The van der Waals surface area contributed by atoms with Crippen molar-refractivity contribution in [2.24, 2.45) is 5.16 Å². The highest BCUT2D eigenvalue weighted by Gasteiger charge is 2.36. The first-order valence-corrected chi connectivity index (χ1v) is 8.31. The molecule has 2 aliphatic rings. The normalized spacial score (nSPS) is 23.0. The minimum absolute atomic E-state index is 0.00672. The highest BCUT2D eigenvalue weighted by Crippen LogP contribution is 2.34. The summed E-state index contributed by atoms with van der Waals surface area (Å²) in [6.45, 7) is 0.765. The van der Waals surface area contributed by atoms with E-state index in [4.69, 9.17) is 4.84 Å². The number of rotatable bonds is 3. The van der Waals surface area contributed by atoms with E-state index in [-0.39, 0.29) is 18.1 Å². The molecule has 122 valence electrons. The predicted octanol–water partition coefficient (Wildman–Crippen LogP) is 3.26. The number of carbonyl (C=O) groups is 1. The Morgan fingerprint density at radius 3 is 2.67 bits per heavy atom. The highest BCUT2D eigenvalue weighted by atomic mass is 16.6. The van der Waals surface area contributed by atoms with Gasteiger partial charge in [0.25, 0.3) is 5.91 Å². The molecule has 1 saturated heterocycles. The zero-order chi connectivity index (χ0) is 16.4. The number of amides is 1. The molecule has 0 aliphatic carbocycles. The lowest BCUT2D eigenvalue weighted by Crippen LogP contribution is -2.35. The molecule has 4 rings (SSSR count). The molecule has 0 radical (unpaired) electrons. The van der Waals surface area contributed by atoms with Crippen LogP contribution in [0.2, 0.25) is 0 Å². The van der Waals surface area contributed by atoms with Gasteiger partial charge in [-0.25, -0.2) is 0 Å². The van der Waals surface area contributed by atoms with Crippen molar-refractivity contribution in [2.75, 3.05) is 6.54 Å². The molecule has 2 atom stereocenters. The topological polar surface area (TPSA) is 54.8 Å². The second kappa shape index (κ2) is 6.43. The van der Waals surface area contributed by atoms with E-state index in [1.165, 1.54) is 0 Å². The lowest BCUT2D eigenvalue weighted by molar-refractivity contribution is -0.125. The summed E-state index contributed by atoms with van der Waals surface area (Å²) >= 11 is 0. The summed E-state index contributed by atoms with van der Waals surface area (Å²) in [5.41, 5.74) is 2.70. The van der Waals surface area contributed by atoms with E-state index in [0.717, 1.165) is 30.5 Å². The predicted molar refractivity (Wildman–Crippen MR) is 90.2 cm³/mol. The van der Waals surface area contributed by atoms with Gasteiger partial charge >= 0.3 is 0 Å². The van der Waals surface area contributed by atoms with Gasteiger partial charge in [-0.15, -0.1) is 0 Å². The highest BCUT2D eigenvalue weighted by molar-refractivity contribution is 6.39. The average molecular weight is 321 g/mol. The maximum atomic E-state index is 12.9. The largest absolute Gasteiger partial charge is 0.387 e. The van der Waals surface area contributed by atoms with E-state index in [1.54, 1.807) is 12.4 Å². The van der Waals surface area contributed by atoms with E-state index >= 15 is 0 Å². The van der Waals surface area contributed by atoms with Crippen LogP contribution in [0.4, 0.5) is 0 Å². The first kappa shape index (κ1) is 14.9. The number of oxime groups is 1. The Bertz CT molecular complexity index is 746. The molecule has 1 aromatic carbocycles. The number of carbonyl (C=O) groups excluding carboxylic acids is 1. The number of likely N-dealkylation sites (tertiary alicyclic amines) is 1. The molecule has 24 heavy (non-hydrogen) atoms. The second-order valence-electron chi connectivity index (χ2n) is 6.18. The van der Waals surface area contributed by atoms with E-state index < -0.39 is 0 Å². The Hall–Kier alpha value is -2.69. The van der Waals surface area contributed by atoms with Crippen LogP contribution in [0.5, 0.6) is 0 Å². The Labute approximate surface area is 141 Å². The minimum atomic E-state index is -0.160. The van der Waals surface area contributed by atoms with Crippen molar-refractivity contribution in [3.05, 3.63) is 66.0 Å². The van der Waals surface area contributed by atoms with Crippen molar-refractivity contribution in [1.82, 2.24) is 9.88 Å². The smallest absolute Gasteiger partial charge is 0.272 e. The van der Waals surface area contributed by atoms with Crippen LogP contribution in [0.3, 0.4) is 0 Å². The molecule has 0 spiro atoms. The van der Waals surface area contributed by atoms with Crippen LogP contribution in [0.15, 0.2) is 60.0 Å². The fourth-order valence-corrected chi connectivity index (χ4v) is 3.46. The maximum Gasteiger partial charge on any atom is 0.272 e. The van der Waals surface area contributed by atoms with Crippen LogP contribution < -0.4 is 0 Å². The van der Waals surface area contributed by atoms with Gasteiger partial charge in [0, 0.05) is 25.4 Å². The van der Waals surface area contributed by atoms with Crippen molar-refractivity contribution in [3.8, 4) is 0 Å². The summed E-state index contributed by atoms with van der Waals surface area (Å²) < 4.78 is 0. The number of pyridine rings is 1. The molecule has 1 amide bonds.